The van der Waals surface area contributed by atoms with Gasteiger partial charge in [0.25, 0.3) is 5.91 Å². The number of hydrogen-bond donors (Lipinski definition) is 4. The molecule has 36 heavy (non-hydrogen) atoms. The number of nitrogens with one attached hydrogen (secondary N) is 1. The minimum Gasteiger partial charge on any atom is -0.481 e. The molecule has 5 rings (SSSR count). The Morgan fingerprint density at radius 2 is 1.67 bits per heavy atom. The van der Waals surface area contributed by atoms with E-state index in [1.54, 1.807) is 0 Å². The number of amides is 1. The number of aryl methyl sites for hydroxylation is 1. The molecule has 6 N–H and O–H groups in total. The number of carbonyl (C=O) groups is 2. The molecule has 1 amide bonds. The zero-order chi connectivity index (χ0) is 26.1. The summed E-state index contributed by atoms with van der Waals surface area (Å²) < 4.78 is 2.02. The zero-order valence-electron chi connectivity index (χ0n) is 20.6. The van der Waals surface area contributed by atoms with E-state index < -0.39 is 11.9 Å². The van der Waals surface area contributed by atoms with Gasteiger partial charge in [0.05, 0.1) is 12.3 Å². The predicted octanol–water partition coefficient (Wildman–Crippen LogP) is 5.45. The summed E-state index contributed by atoms with van der Waals surface area (Å²) in [5.74, 6) is -1.03. The molecule has 1 aliphatic rings. The van der Waals surface area contributed by atoms with Gasteiger partial charge < -0.3 is 21.1 Å². The van der Waals surface area contributed by atoms with Crippen molar-refractivity contribution in [2.45, 2.75) is 45.6 Å². The normalized spacial score (nSPS) is 13.2. The van der Waals surface area contributed by atoms with Crippen molar-refractivity contribution in [2.24, 2.45) is 17.4 Å². The fourth-order valence-electron chi connectivity index (χ4n) is 4.69. The maximum Gasteiger partial charge on any atom is 0.306 e. The number of nitrogens with zero attached hydrogens (tertiary/aromatic N) is 1. The quantitative estimate of drug-likeness (QED) is 0.225. The van der Waals surface area contributed by atoms with Crippen molar-refractivity contribution < 1.29 is 14.7 Å². The predicted molar refractivity (Wildman–Crippen MR) is 145 cm³/mol. The number of aromatic nitrogens is 1. The monoisotopic (exact) mass is 486 g/mol. The highest BCUT2D eigenvalue weighted by Gasteiger charge is 2.19. The maximum atomic E-state index is 11.9. The molecule has 0 bridgehead atoms. The van der Waals surface area contributed by atoms with Gasteiger partial charge in [-0.1, -0.05) is 73.9 Å². The second-order valence-corrected chi connectivity index (χ2v) is 9.02. The van der Waals surface area contributed by atoms with E-state index in [4.69, 9.17) is 16.2 Å². The van der Waals surface area contributed by atoms with Crippen LogP contribution < -0.4 is 11.5 Å². The third-order valence-corrected chi connectivity index (χ3v) is 6.48. The van der Waals surface area contributed by atoms with E-state index in [-0.39, 0.29) is 5.92 Å². The van der Waals surface area contributed by atoms with E-state index in [0.29, 0.717) is 12.2 Å². The average molecular weight is 487 g/mol. The van der Waals surface area contributed by atoms with Gasteiger partial charge in [-0.3, -0.25) is 15.0 Å². The van der Waals surface area contributed by atoms with Crippen molar-refractivity contribution in [3.05, 3.63) is 83.6 Å². The first-order chi connectivity index (χ1) is 17.3. The van der Waals surface area contributed by atoms with Gasteiger partial charge in [-0.25, -0.2) is 0 Å². The first-order valence-corrected chi connectivity index (χ1v) is 12.2. The van der Waals surface area contributed by atoms with E-state index in [1.165, 1.54) is 22.8 Å². The molecular formula is C29H34N4O3. The minimum atomic E-state index is -0.602. The van der Waals surface area contributed by atoms with Crippen LogP contribution in [0, 0.1) is 18.3 Å². The summed E-state index contributed by atoms with van der Waals surface area (Å²) in [6.45, 7) is 2.67. The molecule has 1 heterocycles. The van der Waals surface area contributed by atoms with Gasteiger partial charge >= 0.3 is 5.97 Å². The highest BCUT2D eigenvalue weighted by atomic mass is 16.4. The molecular weight excluding hydrogens is 452 g/mol. The van der Waals surface area contributed by atoms with Gasteiger partial charge in [0.2, 0.25) is 0 Å². The summed E-state index contributed by atoms with van der Waals surface area (Å²) in [6, 6.07) is 22.6. The highest BCUT2D eigenvalue weighted by Crippen LogP contribution is 2.26. The Bertz CT molecular complexity index is 1350. The Morgan fingerprint density at radius 3 is 2.31 bits per heavy atom. The molecule has 1 saturated carbocycles. The van der Waals surface area contributed by atoms with Gasteiger partial charge in [0.1, 0.15) is 5.69 Å². The lowest BCUT2D eigenvalue weighted by Gasteiger charge is -2.16. The third kappa shape index (κ3) is 6.50. The molecule has 1 aliphatic carbocycles. The fraction of sp³-hybridized carbons (Fsp3) is 0.276. The standard InChI is InChI=1S/C21H18N2O.C7H12O2.CH4N2/c1-14-9-10-16-12-20(21(22)24)23(19(16)11-14)13-17-7-4-6-15-5-2-3-8-18(15)17;8-7(9)6-4-2-1-3-5-6;2-1-3/h2-12H,13H2,1H3,(H2,22,24);6H,1-5H2,(H,8,9);1H,(H3,2,3). The van der Waals surface area contributed by atoms with E-state index in [1.807, 2.05) is 28.8 Å². The van der Waals surface area contributed by atoms with Crippen molar-refractivity contribution in [1.29, 1.82) is 5.41 Å². The molecule has 3 aromatic carbocycles. The highest BCUT2D eigenvalue weighted by molar-refractivity contribution is 5.98. The van der Waals surface area contributed by atoms with Crippen LogP contribution in [-0.4, -0.2) is 27.9 Å². The molecule has 0 aliphatic heterocycles. The lowest BCUT2D eigenvalue weighted by atomic mass is 9.90. The molecule has 1 aromatic heterocycles. The Morgan fingerprint density at radius 1 is 1.00 bits per heavy atom. The van der Waals surface area contributed by atoms with E-state index >= 15 is 0 Å². The van der Waals surface area contributed by atoms with Gasteiger partial charge in [-0.15, -0.1) is 0 Å². The summed E-state index contributed by atoms with van der Waals surface area (Å²) in [4.78, 5) is 22.3. The van der Waals surface area contributed by atoms with Crippen LogP contribution in [0.4, 0.5) is 0 Å². The van der Waals surface area contributed by atoms with Crippen LogP contribution in [0.25, 0.3) is 21.7 Å². The largest absolute Gasteiger partial charge is 0.481 e. The summed E-state index contributed by atoms with van der Waals surface area (Å²) in [5.41, 5.74) is 13.9. The van der Waals surface area contributed by atoms with Gasteiger partial charge in [0, 0.05) is 17.4 Å². The van der Waals surface area contributed by atoms with E-state index in [9.17, 15) is 9.59 Å². The molecule has 7 heteroatoms. The summed E-state index contributed by atoms with van der Waals surface area (Å²) >= 11 is 0. The smallest absolute Gasteiger partial charge is 0.306 e. The molecule has 0 unspecified atom stereocenters. The summed E-state index contributed by atoms with van der Waals surface area (Å²) in [5, 5.41) is 17.8. The molecule has 188 valence electrons. The second-order valence-electron chi connectivity index (χ2n) is 9.02. The van der Waals surface area contributed by atoms with Crippen LogP contribution in [0.15, 0.2) is 66.7 Å². The summed E-state index contributed by atoms with van der Waals surface area (Å²) in [7, 11) is 0. The second kappa shape index (κ2) is 12.5. The molecule has 0 atom stereocenters. The van der Waals surface area contributed by atoms with Gasteiger partial charge in [-0.05, 0) is 53.8 Å². The number of carboxylic acids is 1. The molecule has 0 saturated heterocycles. The molecule has 0 spiro atoms. The Kier molecular flexibility index (Phi) is 9.22. The number of hydrogen-bond acceptors (Lipinski definition) is 3. The number of carboxylic acid groups (broad SMARTS) is 1. The van der Waals surface area contributed by atoms with E-state index in [0.717, 1.165) is 48.5 Å². The van der Waals surface area contributed by atoms with Crippen LogP contribution in [0.5, 0.6) is 0 Å². The van der Waals surface area contributed by atoms with Crippen molar-refractivity contribution >= 4 is 39.9 Å². The van der Waals surface area contributed by atoms with Crippen LogP contribution in [-0.2, 0) is 11.3 Å². The van der Waals surface area contributed by atoms with Crippen LogP contribution >= 0.6 is 0 Å². The first-order valence-electron chi connectivity index (χ1n) is 12.2. The number of primary amides is 1. The topological polar surface area (TPSA) is 135 Å². The van der Waals surface area contributed by atoms with Crippen LogP contribution in [0.2, 0.25) is 0 Å². The van der Waals surface area contributed by atoms with E-state index in [2.05, 4.69) is 55.1 Å². The van der Waals surface area contributed by atoms with Crippen molar-refractivity contribution in [1.82, 2.24) is 4.57 Å². The minimum absolute atomic E-state index is 0.0289. The lowest BCUT2D eigenvalue weighted by molar-refractivity contribution is -0.142. The molecule has 4 aromatic rings. The molecule has 7 nitrogen and oxygen atoms in total. The average Bonchev–Trinajstić information content (AvgIpc) is 3.23. The number of benzene rings is 3. The number of aliphatic carboxylic acids is 1. The Hall–Kier alpha value is -4.13. The van der Waals surface area contributed by atoms with Crippen molar-refractivity contribution in [2.75, 3.05) is 0 Å². The Labute approximate surface area is 211 Å². The van der Waals surface area contributed by atoms with Crippen LogP contribution in [0.1, 0.15) is 53.7 Å². The molecule has 0 radical (unpaired) electrons. The number of carbonyl (C=O) groups excluding carboxylic acids is 1. The number of nitrogens with two attached hydrogens (primary N) is 2. The first kappa shape index (κ1) is 26.5. The van der Waals surface area contributed by atoms with Crippen LogP contribution in [0.3, 0.4) is 0 Å². The van der Waals surface area contributed by atoms with Crippen molar-refractivity contribution in [3.8, 4) is 0 Å². The van der Waals surface area contributed by atoms with Gasteiger partial charge in [-0.2, -0.15) is 0 Å². The lowest BCUT2D eigenvalue weighted by Crippen LogP contribution is -2.17. The summed E-state index contributed by atoms with van der Waals surface area (Å²) in [6.07, 6.45) is 5.99. The maximum absolute atomic E-state index is 11.9. The van der Waals surface area contributed by atoms with Gasteiger partial charge in [0.15, 0.2) is 0 Å². The number of fused-ring (bicyclic) bond motifs is 2. The number of rotatable bonds is 4. The fourth-order valence-corrected chi connectivity index (χ4v) is 4.69. The Balaban J connectivity index is 0.000000251. The SMILES string of the molecule is Cc1ccc2cc(C(N)=O)n(Cc3cccc4ccccc34)c2c1.N=CN.O=C(O)C1CCCCC1. The van der Waals surface area contributed by atoms with Crippen molar-refractivity contribution in [3.63, 3.8) is 0 Å². The molecule has 1 fully saturated rings. The zero-order valence-corrected chi connectivity index (χ0v) is 20.6. The third-order valence-electron chi connectivity index (χ3n) is 6.48.